The van der Waals surface area contributed by atoms with Crippen molar-refractivity contribution in [2.45, 2.75) is 0 Å². The molecule has 0 saturated heterocycles. The lowest BCUT2D eigenvalue weighted by molar-refractivity contribution is 0.823. The summed E-state index contributed by atoms with van der Waals surface area (Å²) in [4.78, 5) is 23.6. The molecule has 8 nitrogen and oxygen atoms in total. The highest BCUT2D eigenvalue weighted by molar-refractivity contribution is 5.79. The first-order chi connectivity index (χ1) is 9.90. The molecule has 0 aliphatic heterocycles. The molecule has 0 aromatic carbocycles. The number of H-pyrrole nitrogens is 2. The fourth-order valence-electron chi connectivity index (χ4n) is 2.07. The Morgan fingerprint density at radius 2 is 1.18 bits per heavy atom. The molecular weight excluding hydrogens is 284 g/mol. The molecule has 0 fully saturated rings. The quantitative estimate of drug-likeness (QED) is 0.562. The number of nitrogens with zero attached hydrogens (tertiary/aromatic N) is 4. The molecule has 6 N–H and O–H groups in total. The predicted octanol–water partition coefficient (Wildman–Crippen LogP) is 0.761. The van der Waals surface area contributed by atoms with Crippen molar-refractivity contribution < 1.29 is 11.0 Å². The Morgan fingerprint density at radius 1 is 0.682 bits per heavy atom. The third-order valence-electron chi connectivity index (χ3n) is 3.03. The first kappa shape index (κ1) is 15.3. The molecule has 0 aliphatic carbocycles. The van der Waals surface area contributed by atoms with Crippen molar-refractivity contribution in [2.75, 3.05) is 0 Å². The van der Waals surface area contributed by atoms with Gasteiger partial charge in [0, 0.05) is 30.2 Å². The molecule has 22 heavy (non-hydrogen) atoms. The summed E-state index contributed by atoms with van der Waals surface area (Å²) >= 11 is 0. The minimum absolute atomic E-state index is 0. The molecule has 0 spiro atoms. The van der Waals surface area contributed by atoms with Gasteiger partial charge >= 0.3 is 0 Å². The summed E-state index contributed by atoms with van der Waals surface area (Å²) < 4.78 is 0. The molecule has 0 radical (unpaired) electrons. The van der Waals surface area contributed by atoms with Crippen LogP contribution >= 0.6 is 0 Å². The lowest BCUT2D eigenvalue weighted by Gasteiger charge is -2.02. The molecule has 0 unspecified atom stereocenters. The molecule has 8 heteroatoms. The van der Waals surface area contributed by atoms with Crippen LogP contribution in [0.3, 0.4) is 0 Å². The maximum atomic E-state index is 4.54. The number of nitrogens with one attached hydrogen (secondary N) is 2. The summed E-state index contributed by atoms with van der Waals surface area (Å²) in [5, 5.41) is 0.982. The van der Waals surface area contributed by atoms with Gasteiger partial charge in [-0.25, -0.2) is 19.9 Å². The summed E-state index contributed by atoms with van der Waals surface area (Å²) in [6.45, 7) is 0. The molecule has 0 amide bonds. The number of aromatic amines is 2. The van der Waals surface area contributed by atoms with Crippen LogP contribution in [0.2, 0.25) is 0 Å². The van der Waals surface area contributed by atoms with E-state index in [1.54, 1.807) is 24.8 Å². The highest BCUT2D eigenvalue weighted by Gasteiger charge is 2.07. The van der Waals surface area contributed by atoms with Crippen molar-refractivity contribution in [3.63, 3.8) is 0 Å². The van der Waals surface area contributed by atoms with E-state index in [0.717, 1.165) is 28.4 Å². The molecule has 4 rings (SSSR count). The second-order valence-electron chi connectivity index (χ2n) is 4.32. The van der Waals surface area contributed by atoms with E-state index in [1.165, 1.54) is 0 Å². The second-order valence-corrected chi connectivity index (χ2v) is 4.32. The molecular formula is C14H14N6O2. The smallest absolute Gasteiger partial charge is 0.160 e. The summed E-state index contributed by atoms with van der Waals surface area (Å²) in [5.74, 6) is 1.47. The first-order valence-electron chi connectivity index (χ1n) is 6.17. The maximum absolute atomic E-state index is 4.54. The minimum Gasteiger partial charge on any atom is -0.412 e. The number of rotatable bonds is 2. The van der Waals surface area contributed by atoms with Crippen LogP contribution in [0, 0.1) is 0 Å². The normalized spacial score (nSPS) is 10.0. The first-order valence-corrected chi connectivity index (χ1v) is 6.17. The number of hydrogen-bond acceptors (Lipinski definition) is 4. The van der Waals surface area contributed by atoms with E-state index in [-0.39, 0.29) is 11.0 Å². The van der Waals surface area contributed by atoms with Crippen LogP contribution in [0.25, 0.3) is 34.1 Å². The molecule has 0 atom stereocenters. The summed E-state index contributed by atoms with van der Waals surface area (Å²) in [5.41, 5.74) is 2.21. The molecule has 0 saturated carbocycles. The molecule has 4 heterocycles. The molecule has 0 bridgehead atoms. The van der Waals surface area contributed by atoms with Crippen LogP contribution in [0.5, 0.6) is 0 Å². The Labute approximate surface area is 124 Å². The van der Waals surface area contributed by atoms with Gasteiger partial charge in [0.05, 0.1) is 0 Å². The van der Waals surface area contributed by atoms with Gasteiger partial charge in [0.25, 0.3) is 0 Å². The van der Waals surface area contributed by atoms with E-state index < -0.39 is 0 Å². The third kappa shape index (κ3) is 2.55. The van der Waals surface area contributed by atoms with Gasteiger partial charge in [-0.05, 0) is 24.3 Å². The van der Waals surface area contributed by atoms with E-state index in [4.69, 9.17) is 0 Å². The SMILES string of the molecule is O.O.c1c[nH]c(-c2ccc3ccc(-c4ncc[nH]4)nc3n2)n1. The number of aromatic nitrogens is 6. The minimum atomic E-state index is 0. The van der Waals surface area contributed by atoms with Gasteiger partial charge in [0.15, 0.2) is 17.3 Å². The Morgan fingerprint density at radius 3 is 1.59 bits per heavy atom. The third-order valence-corrected chi connectivity index (χ3v) is 3.03. The van der Waals surface area contributed by atoms with Crippen LogP contribution in [0.1, 0.15) is 0 Å². The van der Waals surface area contributed by atoms with Crippen LogP contribution in [-0.2, 0) is 0 Å². The van der Waals surface area contributed by atoms with Gasteiger partial charge in [0.1, 0.15) is 11.4 Å². The van der Waals surface area contributed by atoms with E-state index in [9.17, 15) is 0 Å². The highest BCUT2D eigenvalue weighted by atomic mass is 16.0. The lowest BCUT2D eigenvalue weighted by atomic mass is 10.2. The fraction of sp³-hybridized carbons (Fsp3) is 0. The van der Waals surface area contributed by atoms with Crippen molar-refractivity contribution in [3.8, 4) is 23.0 Å². The number of pyridine rings is 2. The average molecular weight is 298 g/mol. The molecule has 4 aromatic heterocycles. The number of fused-ring (bicyclic) bond motifs is 1. The Balaban J connectivity index is 0.000000882. The van der Waals surface area contributed by atoms with Gasteiger partial charge in [-0.2, -0.15) is 0 Å². The van der Waals surface area contributed by atoms with Crippen LogP contribution in [-0.4, -0.2) is 40.9 Å². The summed E-state index contributed by atoms with van der Waals surface area (Å²) in [6, 6.07) is 7.82. The Bertz CT molecular complexity index is 789. The van der Waals surface area contributed by atoms with Crippen LogP contribution < -0.4 is 0 Å². The van der Waals surface area contributed by atoms with Gasteiger partial charge in [-0.1, -0.05) is 0 Å². The van der Waals surface area contributed by atoms with Crippen LogP contribution in [0.15, 0.2) is 49.1 Å². The molecule has 112 valence electrons. The fourth-order valence-corrected chi connectivity index (χ4v) is 2.07. The monoisotopic (exact) mass is 298 g/mol. The highest BCUT2D eigenvalue weighted by Crippen LogP contribution is 2.20. The van der Waals surface area contributed by atoms with E-state index in [2.05, 4.69) is 29.9 Å². The zero-order valence-electron chi connectivity index (χ0n) is 11.4. The zero-order chi connectivity index (χ0) is 13.4. The van der Waals surface area contributed by atoms with E-state index in [1.807, 2.05) is 24.3 Å². The summed E-state index contributed by atoms with van der Waals surface area (Å²) in [7, 11) is 0. The van der Waals surface area contributed by atoms with Crippen molar-refractivity contribution in [1.29, 1.82) is 0 Å². The van der Waals surface area contributed by atoms with Gasteiger partial charge in [-0.15, -0.1) is 0 Å². The second kappa shape index (κ2) is 6.12. The standard InChI is InChI=1S/C14H10N6.2H2O/c1-3-10(13-15-5-6-16-13)19-12-9(1)2-4-11(20-12)14-17-7-8-18-14;;/h1-8H,(H,15,16)(H,17,18);2*1H2. The van der Waals surface area contributed by atoms with Gasteiger partial charge in [-0.3, -0.25) is 0 Å². The Kier molecular flexibility index (Phi) is 4.25. The lowest BCUT2D eigenvalue weighted by Crippen LogP contribution is -1.92. The van der Waals surface area contributed by atoms with Crippen molar-refractivity contribution in [2.24, 2.45) is 0 Å². The summed E-state index contributed by atoms with van der Waals surface area (Å²) in [6.07, 6.45) is 6.95. The average Bonchev–Trinajstić information content (AvgIpc) is 3.19. The van der Waals surface area contributed by atoms with Crippen molar-refractivity contribution in [1.82, 2.24) is 29.9 Å². The van der Waals surface area contributed by atoms with Crippen molar-refractivity contribution in [3.05, 3.63) is 49.1 Å². The van der Waals surface area contributed by atoms with Crippen LogP contribution in [0.4, 0.5) is 0 Å². The number of imidazole rings is 2. The van der Waals surface area contributed by atoms with E-state index >= 15 is 0 Å². The topological polar surface area (TPSA) is 146 Å². The molecule has 0 aliphatic rings. The molecule has 4 aromatic rings. The zero-order valence-corrected chi connectivity index (χ0v) is 11.4. The number of hydrogen-bond donors (Lipinski definition) is 2. The van der Waals surface area contributed by atoms with Gasteiger partial charge in [0.2, 0.25) is 0 Å². The predicted molar refractivity (Wildman–Crippen MR) is 81.9 cm³/mol. The largest absolute Gasteiger partial charge is 0.412 e. The Hall–Kier alpha value is -3.10. The van der Waals surface area contributed by atoms with E-state index in [0.29, 0.717) is 5.65 Å². The van der Waals surface area contributed by atoms with Gasteiger partial charge < -0.3 is 20.9 Å². The maximum Gasteiger partial charge on any atom is 0.160 e. The van der Waals surface area contributed by atoms with Crippen molar-refractivity contribution >= 4 is 11.0 Å².